The van der Waals surface area contributed by atoms with E-state index in [2.05, 4.69) is 50.2 Å². The van der Waals surface area contributed by atoms with E-state index in [4.69, 9.17) is 66.3 Å². The number of methoxy groups -OCH3 is 2. The van der Waals surface area contributed by atoms with E-state index >= 15 is 0 Å². The zero-order chi connectivity index (χ0) is 42.5. The smallest absolute Gasteiger partial charge is 0.0701 e. The fourth-order valence-corrected chi connectivity index (χ4v) is 6.05. The Morgan fingerprint density at radius 3 is 0.800 bits per heavy atom. The molecule has 0 amide bonds. The SMILES string of the molecule is C.CC.COCCOCCOCCOCCOCCOCCOCCOCCOCCOCCOCCOCC1(COCCOC)c2cc(C)ccc2-c2ccc(C)cc21. The summed E-state index contributed by atoms with van der Waals surface area (Å²) in [5.41, 5.74) is 7.03. The Bertz CT molecular complexity index is 1210. The van der Waals surface area contributed by atoms with Crippen molar-refractivity contribution < 1.29 is 66.3 Å². The van der Waals surface area contributed by atoms with Crippen molar-refractivity contribution in [3.8, 4) is 11.1 Å². The summed E-state index contributed by atoms with van der Waals surface area (Å²) in [4.78, 5) is 0. The summed E-state index contributed by atoms with van der Waals surface area (Å²) in [6, 6.07) is 13.3. The van der Waals surface area contributed by atoms with Crippen LogP contribution in [0.4, 0.5) is 0 Å². The average Bonchev–Trinajstić information content (AvgIpc) is 3.50. The van der Waals surface area contributed by atoms with Gasteiger partial charge in [-0.2, -0.15) is 0 Å². The zero-order valence-corrected chi connectivity index (χ0v) is 37.1. The van der Waals surface area contributed by atoms with Gasteiger partial charge in [0.05, 0.1) is 177 Å². The fraction of sp³-hybridized carbons (Fsp3) is 0.739. The Balaban J connectivity index is 0.00000591. The van der Waals surface area contributed by atoms with Crippen LogP contribution in [0.15, 0.2) is 36.4 Å². The van der Waals surface area contributed by atoms with Gasteiger partial charge in [-0.3, -0.25) is 0 Å². The maximum absolute atomic E-state index is 6.30. The Labute approximate surface area is 361 Å². The Morgan fingerprint density at radius 1 is 0.333 bits per heavy atom. The van der Waals surface area contributed by atoms with Gasteiger partial charge in [-0.15, -0.1) is 0 Å². The standard InChI is InChI=1S/C43H70O14.C2H6.CH4/c1-37-5-7-39-40-8-6-38(2)34-42(40)43(41(39)33-37,35-56-12-10-45-4)36-57-32-31-55-30-29-54-28-27-53-26-25-52-24-23-51-22-21-50-20-19-49-18-17-48-16-15-47-14-13-46-11-9-44-3;1-2;/h5-8,33-34H,9-32,35-36H2,1-4H3;1-2H3;1H4. The molecule has 0 saturated heterocycles. The fourth-order valence-electron chi connectivity index (χ4n) is 6.05. The van der Waals surface area contributed by atoms with Crippen LogP contribution in [-0.4, -0.2) is 186 Å². The summed E-state index contributed by atoms with van der Waals surface area (Å²) in [5, 5.41) is 0. The monoisotopic (exact) mass is 857 g/mol. The minimum atomic E-state index is -0.402. The van der Waals surface area contributed by atoms with Gasteiger partial charge in [-0.05, 0) is 36.1 Å². The minimum absolute atomic E-state index is 0. The van der Waals surface area contributed by atoms with Crippen LogP contribution in [-0.2, 0) is 71.7 Å². The molecule has 2 aromatic carbocycles. The van der Waals surface area contributed by atoms with Crippen LogP contribution in [0.25, 0.3) is 11.1 Å². The second kappa shape index (κ2) is 38.5. The van der Waals surface area contributed by atoms with Gasteiger partial charge in [-0.1, -0.05) is 68.8 Å². The van der Waals surface area contributed by atoms with E-state index in [1.54, 1.807) is 14.2 Å². The van der Waals surface area contributed by atoms with Crippen LogP contribution >= 0.6 is 0 Å². The molecule has 60 heavy (non-hydrogen) atoms. The second-order valence-corrected chi connectivity index (χ2v) is 13.4. The van der Waals surface area contributed by atoms with Crippen LogP contribution in [0.5, 0.6) is 0 Å². The lowest BCUT2D eigenvalue weighted by atomic mass is 9.78. The van der Waals surface area contributed by atoms with E-state index in [0.29, 0.717) is 172 Å². The summed E-state index contributed by atoms with van der Waals surface area (Å²) >= 11 is 0. The third kappa shape index (κ3) is 23.9. The molecule has 14 nitrogen and oxygen atoms in total. The maximum atomic E-state index is 6.30. The number of aryl methyl sites for hydroxylation is 2. The summed E-state index contributed by atoms with van der Waals surface area (Å²) < 4.78 is 77.9. The molecule has 0 radical (unpaired) electrons. The Kier molecular flexibility index (Phi) is 35.9. The molecular weight excluding hydrogens is 776 g/mol. The van der Waals surface area contributed by atoms with Crippen molar-refractivity contribution in [1.82, 2.24) is 0 Å². The molecule has 0 spiro atoms. The van der Waals surface area contributed by atoms with Crippen molar-refractivity contribution in [3.05, 3.63) is 58.7 Å². The molecule has 14 heteroatoms. The van der Waals surface area contributed by atoms with E-state index in [1.807, 2.05) is 13.8 Å². The number of hydrogen-bond acceptors (Lipinski definition) is 14. The van der Waals surface area contributed by atoms with E-state index in [-0.39, 0.29) is 7.43 Å². The molecule has 1 aliphatic rings. The van der Waals surface area contributed by atoms with Crippen LogP contribution in [0.1, 0.15) is 43.5 Å². The second-order valence-electron chi connectivity index (χ2n) is 13.4. The van der Waals surface area contributed by atoms with Gasteiger partial charge in [0, 0.05) is 14.2 Å². The predicted octanol–water partition coefficient (Wildman–Crippen LogP) is 5.72. The molecule has 0 saturated carbocycles. The lowest BCUT2D eigenvalue weighted by molar-refractivity contribution is -0.0294. The first-order chi connectivity index (χ1) is 29.1. The topological polar surface area (TPSA) is 129 Å². The molecule has 0 unspecified atom stereocenters. The Hall–Kier alpha value is -2.12. The van der Waals surface area contributed by atoms with Crippen molar-refractivity contribution in [1.29, 1.82) is 0 Å². The predicted molar refractivity (Wildman–Crippen MR) is 234 cm³/mol. The molecule has 2 aromatic rings. The summed E-state index contributed by atoms with van der Waals surface area (Å²) in [7, 11) is 3.34. The third-order valence-corrected chi connectivity index (χ3v) is 8.95. The van der Waals surface area contributed by atoms with Crippen molar-refractivity contribution in [2.45, 2.75) is 40.5 Å². The highest BCUT2D eigenvalue weighted by molar-refractivity contribution is 5.82. The first-order valence-corrected chi connectivity index (χ1v) is 21.3. The lowest BCUT2D eigenvalue weighted by Crippen LogP contribution is -2.37. The normalized spacial score (nSPS) is 12.5. The molecular formula is C46H80O14. The number of rotatable bonds is 40. The molecule has 1 aliphatic carbocycles. The van der Waals surface area contributed by atoms with Gasteiger partial charge >= 0.3 is 0 Å². The molecule has 0 aliphatic heterocycles. The summed E-state index contributed by atoms with van der Waals surface area (Å²) in [6.45, 7) is 21.6. The lowest BCUT2D eigenvalue weighted by Gasteiger charge is -2.32. The number of hydrogen-bond donors (Lipinski definition) is 0. The van der Waals surface area contributed by atoms with E-state index in [0.717, 1.165) is 0 Å². The maximum Gasteiger partial charge on any atom is 0.0701 e. The van der Waals surface area contributed by atoms with Crippen LogP contribution in [0.2, 0.25) is 0 Å². The molecule has 0 fully saturated rings. The van der Waals surface area contributed by atoms with Crippen molar-refractivity contribution >= 4 is 0 Å². The summed E-state index contributed by atoms with van der Waals surface area (Å²) in [6.07, 6.45) is 0. The van der Waals surface area contributed by atoms with Crippen LogP contribution < -0.4 is 0 Å². The van der Waals surface area contributed by atoms with Gasteiger partial charge in [0.2, 0.25) is 0 Å². The molecule has 0 atom stereocenters. The average molecular weight is 857 g/mol. The van der Waals surface area contributed by atoms with Crippen LogP contribution in [0.3, 0.4) is 0 Å². The number of ether oxygens (including phenoxy) is 14. The highest BCUT2D eigenvalue weighted by atomic mass is 16.6. The van der Waals surface area contributed by atoms with Gasteiger partial charge in [0.25, 0.3) is 0 Å². The number of benzene rings is 2. The molecule has 0 N–H and O–H groups in total. The molecule has 0 aromatic heterocycles. The van der Waals surface area contributed by atoms with Gasteiger partial charge in [0.15, 0.2) is 0 Å². The first kappa shape index (κ1) is 55.9. The Morgan fingerprint density at radius 2 is 0.550 bits per heavy atom. The third-order valence-electron chi connectivity index (χ3n) is 8.95. The molecule has 348 valence electrons. The number of fused-ring (bicyclic) bond motifs is 3. The van der Waals surface area contributed by atoms with E-state index < -0.39 is 5.41 Å². The zero-order valence-electron chi connectivity index (χ0n) is 37.1. The van der Waals surface area contributed by atoms with Crippen LogP contribution in [0, 0.1) is 13.8 Å². The van der Waals surface area contributed by atoms with E-state index in [1.165, 1.54) is 33.4 Å². The van der Waals surface area contributed by atoms with Crippen molar-refractivity contribution in [3.63, 3.8) is 0 Å². The van der Waals surface area contributed by atoms with Crippen molar-refractivity contribution in [2.75, 3.05) is 186 Å². The van der Waals surface area contributed by atoms with Gasteiger partial charge in [-0.25, -0.2) is 0 Å². The van der Waals surface area contributed by atoms with E-state index in [9.17, 15) is 0 Å². The highest BCUT2D eigenvalue weighted by Crippen LogP contribution is 2.50. The summed E-state index contributed by atoms with van der Waals surface area (Å²) in [5.74, 6) is 0. The molecule has 3 rings (SSSR count). The van der Waals surface area contributed by atoms with Crippen molar-refractivity contribution in [2.24, 2.45) is 0 Å². The van der Waals surface area contributed by atoms with Gasteiger partial charge < -0.3 is 66.3 Å². The largest absolute Gasteiger partial charge is 0.382 e. The molecule has 0 heterocycles. The first-order valence-electron chi connectivity index (χ1n) is 21.3. The quantitative estimate of drug-likeness (QED) is 0.0758. The minimum Gasteiger partial charge on any atom is -0.382 e. The highest BCUT2D eigenvalue weighted by Gasteiger charge is 2.44. The van der Waals surface area contributed by atoms with Gasteiger partial charge in [0.1, 0.15) is 0 Å². The molecule has 0 bridgehead atoms.